The molecule has 5 heteroatoms. The van der Waals surface area contributed by atoms with Crippen LogP contribution < -0.4 is 11.1 Å². The van der Waals surface area contributed by atoms with E-state index in [4.69, 9.17) is 5.73 Å². The Labute approximate surface area is 107 Å². The fourth-order valence-corrected chi connectivity index (χ4v) is 2.15. The molecule has 0 radical (unpaired) electrons. The molecule has 1 atom stereocenters. The van der Waals surface area contributed by atoms with Crippen LogP contribution in [0.15, 0.2) is 6.07 Å². The molecular weight excluding hydrogens is 228 g/mol. The van der Waals surface area contributed by atoms with Gasteiger partial charge in [-0.15, -0.1) is 0 Å². The first-order valence-corrected chi connectivity index (χ1v) is 6.30. The monoisotopic (exact) mass is 248 g/mol. The smallest absolute Gasteiger partial charge is 0.253 e. The number of rotatable bonds is 4. The minimum atomic E-state index is -0.305. The highest BCUT2D eigenvalue weighted by atomic mass is 16.1. The van der Waals surface area contributed by atoms with E-state index in [-0.39, 0.29) is 11.4 Å². The molecule has 1 unspecified atom stereocenters. The third-order valence-electron chi connectivity index (χ3n) is 3.65. The third kappa shape index (κ3) is 2.51. The Balaban J connectivity index is 2.18. The number of aromatic nitrogens is 2. The van der Waals surface area contributed by atoms with E-state index < -0.39 is 0 Å². The van der Waals surface area contributed by atoms with Crippen LogP contribution in [0.1, 0.15) is 41.5 Å². The average molecular weight is 248 g/mol. The zero-order valence-electron chi connectivity index (χ0n) is 11.2. The Hall–Kier alpha value is -1.49. The standard InChI is InChI=1S/C13H20N4O/c1-8-6-11(9(2)17-16-8)12(18)15-13(3,7-14)10-4-5-10/h6,10H,4-5,7,14H2,1-3H3,(H,15,18). The molecule has 1 fully saturated rings. The van der Waals surface area contributed by atoms with Crippen LogP contribution in [0, 0.1) is 19.8 Å². The van der Waals surface area contributed by atoms with Crippen LogP contribution in [-0.4, -0.2) is 28.2 Å². The maximum atomic E-state index is 12.3. The summed E-state index contributed by atoms with van der Waals surface area (Å²) in [7, 11) is 0. The van der Waals surface area contributed by atoms with Crippen molar-refractivity contribution in [1.29, 1.82) is 0 Å². The Morgan fingerprint density at radius 1 is 1.50 bits per heavy atom. The summed E-state index contributed by atoms with van der Waals surface area (Å²) in [5.74, 6) is 0.396. The van der Waals surface area contributed by atoms with Gasteiger partial charge < -0.3 is 11.1 Å². The van der Waals surface area contributed by atoms with Crippen molar-refractivity contribution >= 4 is 5.91 Å². The first-order valence-electron chi connectivity index (χ1n) is 6.30. The highest BCUT2D eigenvalue weighted by molar-refractivity contribution is 5.95. The van der Waals surface area contributed by atoms with E-state index in [1.165, 1.54) is 0 Å². The number of hydrogen-bond acceptors (Lipinski definition) is 4. The van der Waals surface area contributed by atoms with Crippen molar-refractivity contribution in [1.82, 2.24) is 15.5 Å². The molecule has 0 bridgehead atoms. The Morgan fingerprint density at radius 2 is 2.17 bits per heavy atom. The van der Waals surface area contributed by atoms with E-state index in [2.05, 4.69) is 15.5 Å². The molecule has 1 amide bonds. The number of amides is 1. The Morgan fingerprint density at radius 3 is 2.72 bits per heavy atom. The molecule has 3 N–H and O–H groups in total. The molecule has 1 aliphatic carbocycles. The third-order valence-corrected chi connectivity index (χ3v) is 3.65. The number of aryl methyl sites for hydroxylation is 2. The number of nitrogens with zero attached hydrogens (tertiary/aromatic N) is 2. The lowest BCUT2D eigenvalue weighted by atomic mass is 9.95. The SMILES string of the molecule is Cc1cc(C(=O)NC(C)(CN)C2CC2)c(C)nn1. The van der Waals surface area contributed by atoms with Gasteiger partial charge in [-0.2, -0.15) is 10.2 Å². The van der Waals surface area contributed by atoms with Gasteiger partial charge >= 0.3 is 0 Å². The zero-order valence-corrected chi connectivity index (χ0v) is 11.2. The van der Waals surface area contributed by atoms with Crippen LogP contribution in [0.2, 0.25) is 0 Å². The predicted octanol–water partition coefficient (Wildman–Crippen LogP) is 0.951. The van der Waals surface area contributed by atoms with Crippen molar-refractivity contribution in [2.24, 2.45) is 11.7 Å². The molecule has 18 heavy (non-hydrogen) atoms. The van der Waals surface area contributed by atoms with Crippen LogP contribution in [-0.2, 0) is 0 Å². The summed E-state index contributed by atoms with van der Waals surface area (Å²) in [6.45, 7) is 6.09. The molecule has 1 aromatic heterocycles. The van der Waals surface area contributed by atoms with Gasteiger partial charge in [0.15, 0.2) is 0 Å². The first-order chi connectivity index (χ1) is 8.46. The predicted molar refractivity (Wildman–Crippen MR) is 69.2 cm³/mol. The summed E-state index contributed by atoms with van der Waals surface area (Å²) in [4.78, 5) is 12.3. The lowest BCUT2D eigenvalue weighted by Crippen LogP contribution is -2.53. The summed E-state index contributed by atoms with van der Waals surface area (Å²) in [6, 6.07) is 1.77. The Bertz CT molecular complexity index is 470. The molecule has 5 nitrogen and oxygen atoms in total. The van der Waals surface area contributed by atoms with Gasteiger partial charge in [0.2, 0.25) is 0 Å². The minimum Gasteiger partial charge on any atom is -0.345 e. The molecule has 0 aromatic carbocycles. The lowest BCUT2D eigenvalue weighted by Gasteiger charge is -2.29. The second kappa shape index (κ2) is 4.65. The quantitative estimate of drug-likeness (QED) is 0.831. The summed E-state index contributed by atoms with van der Waals surface area (Å²) >= 11 is 0. The van der Waals surface area contributed by atoms with Crippen LogP contribution >= 0.6 is 0 Å². The van der Waals surface area contributed by atoms with Crippen molar-refractivity contribution in [2.75, 3.05) is 6.54 Å². The van der Waals surface area contributed by atoms with Gasteiger partial charge in [-0.05, 0) is 45.6 Å². The van der Waals surface area contributed by atoms with E-state index in [1.54, 1.807) is 13.0 Å². The minimum absolute atomic E-state index is 0.106. The van der Waals surface area contributed by atoms with Gasteiger partial charge in [0.25, 0.3) is 5.91 Å². The number of hydrogen-bond donors (Lipinski definition) is 2. The lowest BCUT2D eigenvalue weighted by molar-refractivity contribution is 0.0896. The van der Waals surface area contributed by atoms with Crippen molar-refractivity contribution in [3.05, 3.63) is 23.0 Å². The van der Waals surface area contributed by atoms with Gasteiger partial charge in [-0.3, -0.25) is 4.79 Å². The van der Waals surface area contributed by atoms with E-state index in [1.807, 2.05) is 13.8 Å². The molecule has 2 rings (SSSR count). The topological polar surface area (TPSA) is 80.9 Å². The summed E-state index contributed by atoms with van der Waals surface area (Å²) in [5.41, 5.74) is 7.47. The largest absolute Gasteiger partial charge is 0.345 e. The highest BCUT2D eigenvalue weighted by Crippen LogP contribution is 2.39. The molecule has 0 aliphatic heterocycles. The highest BCUT2D eigenvalue weighted by Gasteiger charge is 2.41. The second-order valence-corrected chi connectivity index (χ2v) is 5.33. The molecular formula is C13H20N4O. The van der Waals surface area contributed by atoms with Crippen molar-refractivity contribution in [3.8, 4) is 0 Å². The number of nitrogens with one attached hydrogen (secondary N) is 1. The van der Waals surface area contributed by atoms with Crippen LogP contribution in [0.4, 0.5) is 0 Å². The average Bonchev–Trinajstić information content (AvgIpc) is 3.16. The molecule has 1 saturated carbocycles. The van der Waals surface area contributed by atoms with Crippen molar-refractivity contribution in [3.63, 3.8) is 0 Å². The van der Waals surface area contributed by atoms with Gasteiger partial charge in [0, 0.05) is 6.54 Å². The molecule has 0 saturated heterocycles. The van der Waals surface area contributed by atoms with Gasteiger partial charge in [0.1, 0.15) is 0 Å². The molecule has 0 spiro atoms. The van der Waals surface area contributed by atoms with Gasteiger partial charge in [-0.1, -0.05) is 0 Å². The maximum Gasteiger partial charge on any atom is 0.253 e. The Kier molecular flexibility index (Phi) is 3.34. The summed E-state index contributed by atoms with van der Waals surface area (Å²) in [6.07, 6.45) is 2.28. The van der Waals surface area contributed by atoms with Gasteiger partial charge in [0.05, 0.1) is 22.5 Å². The van der Waals surface area contributed by atoms with E-state index in [0.717, 1.165) is 18.5 Å². The fourth-order valence-electron chi connectivity index (χ4n) is 2.15. The fraction of sp³-hybridized carbons (Fsp3) is 0.615. The number of carbonyl (C=O) groups is 1. The molecule has 1 aromatic rings. The summed E-state index contributed by atoms with van der Waals surface area (Å²) in [5, 5.41) is 11.0. The van der Waals surface area contributed by atoms with E-state index in [9.17, 15) is 4.79 Å². The number of nitrogens with two attached hydrogens (primary N) is 1. The molecule has 1 heterocycles. The van der Waals surface area contributed by atoms with E-state index in [0.29, 0.717) is 23.7 Å². The first kappa shape index (κ1) is 13.0. The van der Waals surface area contributed by atoms with Crippen LogP contribution in [0.5, 0.6) is 0 Å². The molecule has 1 aliphatic rings. The maximum absolute atomic E-state index is 12.3. The summed E-state index contributed by atoms with van der Waals surface area (Å²) < 4.78 is 0. The normalized spacial score (nSPS) is 18.2. The van der Waals surface area contributed by atoms with E-state index >= 15 is 0 Å². The van der Waals surface area contributed by atoms with Gasteiger partial charge in [-0.25, -0.2) is 0 Å². The number of carbonyl (C=O) groups excluding carboxylic acids is 1. The van der Waals surface area contributed by atoms with Crippen molar-refractivity contribution < 1.29 is 4.79 Å². The van der Waals surface area contributed by atoms with Crippen molar-refractivity contribution in [2.45, 2.75) is 39.2 Å². The second-order valence-electron chi connectivity index (χ2n) is 5.33. The van der Waals surface area contributed by atoms with Crippen LogP contribution in [0.25, 0.3) is 0 Å². The van der Waals surface area contributed by atoms with Crippen LogP contribution in [0.3, 0.4) is 0 Å². The zero-order chi connectivity index (χ0) is 13.3. The molecule has 98 valence electrons.